The summed E-state index contributed by atoms with van der Waals surface area (Å²) >= 11 is 0. The summed E-state index contributed by atoms with van der Waals surface area (Å²) in [6.07, 6.45) is 2.25. The second-order valence-corrected chi connectivity index (χ2v) is 4.56. The zero-order valence-corrected chi connectivity index (χ0v) is 11.1. The van der Waals surface area contributed by atoms with Crippen LogP contribution in [-0.4, -0.2) is 12.6 Å². The predicted octanol–water partition coefficient (Wildman–Crippen LogP) is 1.77. The highest BCUT2D eigenvalue weighted by Crippen LogP contribution is 2.15. The number of hydrogen-bond donors (Lipinski definition) is 0. The zero-order valence-electron chi connectivity index (χ0n) is 11.1. The quantitative estimate of drug-likeness (QED) is 0.575. The van der Waals surface area contributed by atoms with E-state index in [4.69, 9.17) is 10.00 Å². The molecule has 0 saturated heterocycles. The lowest BCUT2D eigenvalue weighted by Gasteiger charge is -2.08. The number of carboxylic acids is 1. The van der Waals surface area contributed by atoms with Crippen LogP contribution in [0.25, 0.3) is 6.08 Å². The van der Waals surface area contributed by atoms with Crippen molar-refractivity contribution in [2.45, 2.75) is 20.3 Å². The Kier molecular flexibility index (Phi) is 5.62. The van der Waals surface area contributed by atoms with Gasteiger partial charge < -0.3 is 14.6 Å². The Morgan fingerprint density at radius 3 is 2.53 bits per heavy atom. The third kappa shape index (κ3) is 5.26. The van der Waals surface area contributed by atoms with Crippen LogP contribution in [0.1, 0.15) is 25.8 Å². The molecule has 0 atom stereocenters. The maximum Gasteiger partial charge on any atom is 0.119 e. The van der Waals surface area contributed by atoms with Crippen molar-refractivity contribution in [3.8, 4) is 11.8 Å². The van der Waals surface area contributed by atoms with Gasteiger partial charge in [0.05, 0.1) is 18.1 Å². The van der Waals surface area contributed by atoms with Crippen LogP contribution in [0, 0.1) is 17.2 Å². The fourth-order valence-corrected chi connectivity index (χ4v) is 1.38. The fourth-order valence-electron chi connectivity index (χ4n) is 1.38. The molecule has 0 heterocycles. The smallest absolute Gasteiger partial charge is 0.119 e. The van der Waals surface area contributed by atoms with Crippen molar-refractivity contribution in [1.29, 1.82) is 5.26 Å². The van der Waals surface area contributed by atoms with Crippen LogP contribution in [0.15, 0.2) is 29.8 Å². The number of aliphatic carboxylic acids is 1. The number of carbonyl (C=O) groups excluding carboxylic acids is 1. The first-order valence-electron chi connectivity index (χ1n) is 6.09. The minimum absolute atomic E-state index is 0.395. The molecule has 4 nitrogen and oxygen atoms in total. The third-order valence-corrected chi connectivity index (χ3v) is 2.50. The van der Waals surface area contributed by atoms with Gasteiger partial charge in [-0.1, -0.05) is 26.0 Å². The molecule has 1 aromatic carbocycles. The summed E-state index contributed by atoms with van der Waals surface area (Å²) < 4.78 is 5.54. The maximum atomic E-state index is 10.6. The van der Waals surface area contributed by atoms with Crippen LogP contribution in [-0.2, 0) is 4.79 Å². The largest absolute Gasteiger partial charge is 0.544 e. The number of ether oxygens (including phenoxy) is 1. The molecule has 0 bridgehead atoms. The highest BCUT2D eigenvalue weighted by Gasteiger charge is 1.99. The zero-order chi connectivity index (χ0) is 14.3. The van der Waals surface area contributed by atoms with E-state index in [1.54, 1.807) is 30.3 Å². The van der Waals surface area contributed by atoms with E-state index in [9.17, 15) is 9.90 Å². The molecular formula is C15H16NO3-. The van der Waals surface area contributed by atoms with Crippen LogP contribution in [0.4, 0.5) is 0 Å². The van der Waals surface area contributed by atoms with Gasteiger partial charge in [0, 0.05) is 0 Å². The molecule has 4 heteroatoms. The molecule has 0 aliphatic carbocycles. The Morgan fingerprint density at radius 1 is 1.42 bits per heavy atom. The van der Waals surface area contributed by atoms with Crippen LogP contribution in [0.5, 0.6) is 5.75 Å². The first-order chi connectivity index (χ1) is 9.02. The van der Waals surface area contributed by atoms with Crippen LogP contribution in [0.2, 0.25) is 0 Å². The Labute approximate surface area is 112 Å². The summed E-state index contributed by atoms with van der Waals surface area (Å²) in [6.45, 7) is 4.90. The van der Waals surface area contributed by atoms with Gasteiger partial charge in [0.25, 0.3) is 0 Å². The number of nitrogens with zero attached hydrogens (tertiary/aromatic N) is 1. The van der Waals surface area contributed by atoms with Crippen molar-refractivity contribution in [2.24, 2.45) is 5.92 Å². The molecule has 0 aromatic heterocycles. The van der Waals surface area contributed by atoms with Gasteiger partial charge in [0.2, 0.25) is 0 Å². The van der Waals surface area contributed by atoms with Crippen molar-refractivity contribution in [3.05, 3.63) is 35.4 Å². The van der Waals surface area contributed by atoms with Gasteiger partial charge in [-0.25, -0.2) is 0 Å². The molecule has 0 saturated carbocycles. The van der Waals surface area contributed by atoms with Crippen molar-refractivity contribution in [2.75, 3.05) is 6.61 Å². The topological polar surface area (TPSA) is 73.1 Å². The maximum absolute atomic E-state index is 10.6. The average Bonchev–Trinajstić information content (AvgIpc) is 2.37. The lowest BCUT2D eigenvalue weighted by Crippen LogP contribution is -2.23. The van der Waals surface area contributed by atoms with Crippen LogP contribution < -0.4 is 9.84 Å². The predicted molar refractivity (Wildman–Crippen MR) is 70.0 cm³/mol. The second-order valence-electron chi connectivity index (χ2n) is 4.56. The first kappa shape index (κ1) is 14.8. The standard InChI is InChI=1S/C15H17NO3/c1-11(2)7-8-19-14-5-3-12(4-6-14)9-13(10-16)15(17)18/h3-6,9,11H,7-8H2,1-2H3,(H,17,18)/p-1/b13-9+. The van der Waals surface area contributed by atoms with Gasteiger partial charge in [-0.15, -0.1) is 0 Å². The summed E-state index contributed by atoms with van der Waals surface area (Å²) in [7, 11) is 0. The molecule has 0 radical (unpaired) electrons. The average molecular weight is 258 g/mol. The molecule has 19 heavy (non-hydrogen) atoms. The van der Waals surface area contributed by atoms with Gasteiger partial charge >= 0.3 is 0 Å². The number of carboxylic acid groups (broad SMARTS) is 1. The summed E-state index contributed by atoms with van der Waals surface area (Å²) in [6, 6.07) is 8.47. The minimum atomic E-state index is -1.47. The molecular weight excluding hydrogens is 242 g/mol. The Hall–Kier alpha value is -2.28. The summed E-state index contributed by atoms with van der Waals surface area (Å²) in [4.78, 5) is 10.6. The highest BCUT2D eigenvalue weighted by atomic mass is 16.5. The van der Waals surface area contributed by atoms with E-state index in [1.807, 2.05) is 0 Å². The third-order valence-electron chi connectivity index (χ3n) is 2.50. The second kappa shape index (κ2) is 7.22. The van der Waals surface area contributed by atoms with Crippen molar-refractivity contribution >= 4 is 12.0 Å². The van der Waals surface area contributed by atoms with Crippen LogP contribution in [0.3, 0.4) is 0 Å². The first-order valence-corrected chi connectivity index (χ1v) is 6.09. The normalized spacial score (nSPS) is 11.2. The number of benzene rings is 1. The lowest BCUT2D eigenvalue weighted by atomic mass is 10.1. The SMILES string of the molecule is CC(C)CCOc1ccc(/C=C(\C#N)C(=O)[O-])cc1. The summed E-state index contributed by atoms with van der Waals surface area (Å²) in [5, 5.41) is 19.2. The molecule has 100 valence electrons. The van der Waals surface area contributed by atoms with Crippen molar-refractivity contribution in [3.63, 3.8) is 0 Å². The van der Waals surface area contributed by atoms with E-state index in [-0.39, 0.29) is 0 Å². The van der Waals surface area contributed by atoms with Gasteiger partial charge in [0.15, 0.2) is 0 Å². The van der Waals surface area contributed by atoms with Gasteiger partial charge in [-0.2, -0.15) is 5.26 Å². The molecule has 0 aliphatic rings. The van der Waals surface area contributed by atoms with Crippen molar-refractivity contribution in [1.82, 2.24) is 0 Å². The monoisotopic (exact) mass is 258 g/mol. The van der Waals surface area contributed by atoms with Gasteiger partial charge in [-0.3, -0.25) is 0 Å². The molecule has 0 fully saturated rings. The number of rotatable bonds is 6. The van der Waals surface area contributed by atoms with E-state index < -0.39 is 11.5 Å². The van der Waals surface area contributed by atoms with E-state index in [0.29, 0.717) is 18.1 Å². The lowest BCUT2D eigenvalue weighted by molar-refractivity contribution is -0.298. The van der Waals surface area contributed by atoms with Gasteiger partial charge in [0.1, 0.15) is 11.8 Å². The Morgan fingerprint density at radius 2 is 2.05 bits per heavy atom. The van der Waals surface area contributed by atoms with E-state index in [0.717, 1.165) is 12.2 Å². The molecule has 0 spiro atoms. The molecule has 0 N–H and O–H groups in total. The highest BCUT2D eigenvalue weighted by molar-refractivity contribution is 5.95. The minimum Gasteiger partial charge on any atom is -0.544 e. The number of nitriles is 1. The summed E-state index contributed by atoms with van der Waals surface area (Å²) in [5.41, 5.74) is 0.227. The van der Waals surface area contributed by atoms with Gasteiger partial charge in [-0.05, 0) is 36.1 Å². The molecule has 0 amide bonds. The molecule has 1 rings (SSSR count). The Balaban J connectivity index is 2.67. The number of hydrogen-bond acceptors (Lipinski definition) is 4. The van der Waals surface area contributed by atoms with E-state index in [1.165, 1.54) is 6.08 Å². The summed E-state index contributed by atoms with van der Waals surface area (Å²) in [5.74, 6) is -0.159. The fraction of sp³-hybridized carbons (Fsp3) is 0.333. The van der Waals surface area contributed by atoms with E-state index >= 15 is 0 Å². The van der Waals surface area contributed by atoms with E-state index in [2.05, 4.69) is 13.8 Å². The molecule has 1 aromatic rings. The number of carbonyl (C=O) groups is 1. The Bertz CT molecular complexity index is 495. The van der Waals surface area contributed by atoms with Crippen molar-refractivity contribution < 1.29 is 14.6 Å². The van der Waals surface area contributed by atoms with Crippen LogP contribution >= 0.6 is 0 Å². The molecule has 0 aliphatic heterocycles. The molecule has 0 unspecified atom stereocenters.